The first kappa shape index (κ1) is 14.0. The van der Waals surface area contributed by atoms with Crippen molar-refractivity contribution in [1.82, 2.24) is 0 Å². The minimum absolute atomic E-state index is 0.186. The Hall–Kier alpha value is -1.09. The molecule has 17 heavy (non-hydrogen) atoms. The zero-order chi connectivity index (χ0) is 13.4. The number of rotatable bonds is 2. The summed E-state index contributed by atoms with van der Waals surface area (Å²) in [5.74, 6) is -1.51. The van der Waals surface area contributed by atoms with E-state index in [1.165, 1.54) is 0 Å². The molecule has 0 heterocycles. The van der Waals surface area contributed by atoms with Gasteiger partial charge in [-0.05, 0) is 12.1 Å². The fourth-order valence-corrected chi connectivity index (χ4v) is 1.21. The normalized spacial score (nSPS) is 11.5. The van der Waals surface area contributed by atoms with E-state index in [9.17, 15) is 17.6 Å². The highest BCUT2D eigenvalue weighted by Gasteiger charge is 2.35. The third-order valence-electron chi connectivity index (χ3n) is 2.01. The molecule has 0 atom stereocenters. The van der Waals surface area contributed by atoms with E-state index >= 15 is 0 Å². The minimum atomic E-state index is -4.87. The van der Waals surface area contributed by atoms with E-state index in [4.69, 9.17) is 20.1 Å². The molecule has 4 nitrogen and oxygen atoms in total. The lowest BCUT2D eigenvalue weighted by molar-refractivity contribution is -0.137. The highest BCUT2D eigenvalue weighted by molar-refractivity contribution is 6.62. The SMILES string of the molecule is OB(O)c1cc(C(F)(F)F)cc(B(O)O)c1F. The van der Waals surface area contributed by atoms with Crippen LogP contribution < -0.4 is 10.9 Å². The van der Waals surface area contributed by atoms with Crippen LogP contribution in [0.2, 0.25) is 0 Å². The van der Waals surface area contributed by atoms with Gasteiger partial charge >= 0.3 is 20.4 Å². The standard InChI is InChI=1S/C7H6B2F4O4/c10-6-4(8(14)15)1-3(7(11,12)13)2-5(6)9(16)17/h1-2,14-17H. The fraction of sp³-hybridized carbons (Fsp3) is 0.143. The second-order valence-corrected chi connectivity index (χ2v) is 3.21. The molecular formula is C7H6B2F4O4. The molecule has 0 spiro atoms. The van der Waals surface area contributed by atoms with Crippen LogP contribution in [0.1, 0.15) is 5.56 Å². The molecule has 0 aliphatic carbocycles. The third-order valence-corrected chi connectivity index (χ3v) is 2.01. The number of halogens is 4. The van der Waals surface area contributed by atoms with Gasteiger partial charge in [0, 0.05) is 10.9 Å². The Kier molecular flexibility index (Phi) is 3.82. The Morgan fingerprint density at radius 1 is 0.882 bits per heavy atom. The topological polar surface area (TPSA) is 80.9 Å². The van der Waals surface area contributed by atoms with Crippen LogP contribution in [-0.4, -0.2) is 34.3 Å². The van der Waals surface area contributed by atoms with Crippen molar-refractivity contribution < 1.29 is 37.7 Å². The predicted octanol–water partition coefficient (Wildman–Crippen LogP) is -1.80. The molecule has 0 saturated heterocycles. The molecule has 0 aromatic heterocycles. The molecule has 4 N–H and O–H groups in total. The quantitative estimate of drug-likeness (QED) is 0.370. The molecule has 1 rings (SSSR count). The molecule has 0 amide bonds. The van der Waals surface area contributed by atoms with Gasteiger partial charge in [0.2, 0.25) is 0 Å². The molecule has 0 saturated carbocycles. The van der Waals surface area contributed by atoms with Crippen LogP contribution >= 0.6 is 0 Å². The summed E-state index contributed by atoms with van der Waals surface area (Å²) in [7, 11) is -4.98. The Morgan fingerprint density at radius 2 is 1.24 bits per heavy atom. The van der Waals surface area contributed by atoms with Crippen LogP contribution in [0.4, 0.5) is 17.6 Å². The summed E-state index contributed by atoms with van der Waals surface area (Å²) >= 11 is 0. The maximum absolute atomic E-state index is 13.3. The molecule has 0 bridgehead atoms. The van der Waals surface area contributed by atoms with Gasteiger partial charge in [0.15, 0.2) is 0 Å². The van der Waals surface area contributed by atoms with Crippen molar-refractivity contribution in [2.75, 3.05) is 0 Å². The Balaban J connectivity index is 3.48. The van der Waals surface area contributed by atoms with Crippen LogP contribution in [0.5, 0.6) is 0 Å². The zero-order valence-electron chi connectivity index (χ0n) is 8.11. The van der Waals surface area contributed by atoms with E-state index in [0.29, 0.717) is 0 Å². The van der Waals surface area contributed by atoms with E-state index in [2.05, 4.69) is 0 Å². The van der Waals surface area contributed by atoms with Gasteiger partial charge in [-0.2, -0.15) is 13.2 Å². The smallest absolute Gasteiger partial charge is 0.423 e. The van der Waals surface area contributed by atoms with Gasteiger partial charge in [-0.3, -0.25) is 0 Å². The lowest BCUT2D eigenvalue weighted by Gasteiger charge is -2.13. The molecule has 1 aromatic carbocycles. The summed E-state index contributed by atoms with van der Waals surface area (Å²) in [6.07, 6.45) is -4.87. The van der Waals surface area contributed by atoms with Crippen LogP contribution in [0.3, 0.4) is 0 Å². The first-order chi connectivity index (χ1) is 7.64. The molecule has 92 valence electrons. The van der Waals surface area contributed by atoms with Crippen molar-refractivity contribution in [2.24, 2.45) is 0 Å². The first-order valence-electron chi connectivity index (χ1n) is 4.27. The third kappa shape index (κ3) is 2.97. The van der Waals surface area contributed by atoms with Gasteiger partial charge in [-0.15, -0.1) is 0 Å². The van der Waals surface area contributed by atoms with E-state index in [-0.39, 0.29) is 12.1 Å². The molecule has 0 fully saturated rings. The zero-order valence-corrected chi connectivity index (χ0v) is 8.11. The lowest BCUT2D eigenvalue weighted by atomic mass is 9.71. The molecule has 0 unspecified atom stereocenters. The van der Waals surface area contributed by atoms with Crippen molar-refractivity contribution in [3.63, 3.8) is 0 Å². The van der Waals surface area contributed by atoms with Gasteiger partial charge in [0.25, 0.3) is 0 Å². The van der Waals surface area contributed by atoms with Crippen molar-refractivity contribution in [2.45, 2.75) is 6.18 Å². The average Bonchev–Trinajstić information content (AvgIpc) is 2.14. The average molecular weight is 252 g/mol. The molecule has 0 aliphatic heterocycles. The highest BCUT2D eigenvalue weighted by Crippen LogP contribution is 2.28. The van der Waals surface area contributed by atoms with Crippen LogP contribution in [0.25, 0.3) is 0 Å². The van der Waals surface area contributed by atoms with E-state index < -0.39 is 42.7 Å². The van der Waals surface area contributed by atoms with Gasteiger partial charge < -0.3 is 20.1 Å². The van der Waals surface area contributed by atoms with Crippen molar-refractivity contribution in [1.29, 1.82) is 0 Å². The maximum atomic E-state index is 13.3. The molecule has 1 aromatic rings. The summed E-state index contributed by atoms with van der Waals surface area (Å²) in [5, 5.41) is 34.7. The molecule has 0 radical (unpaired) electrons. The van der Waals surface area contributed by atoms with E-state index in [1.54, 1.807) is 0 Å². The van der Waals surface area contributed by atoms with Crippen molar-refractivity contribution in [3.8, 4) is 0 Å². The second-order valence-electron chi connectivity index (χ2n) is 3.21. The first-order valence-corrected chi connectivity index (χ1v) is 4.27. The summed E-state index contributed by atoms with van der Waals surface area (Å²) in [6, 6.07) is 0.373. The van der Waals surface area contributed by atoms with Crippen molar-refractivity contribution >= 4 is 25.2 Å². The van der Waals surface area contributed by atoms with Crippen molar-refractivity contribution in [3.05, 3.63) is 23.5 Å². The summed E-state index contributed by atoms with van der Waals surface area (Å²) in [6.45, 7) is 0. The molecular weight excluding hydrogens is 246 g/mol. The summed E-state index contributed by atoms with van der Waals surface area (Å²) in [4.78, 5) is 0. The molecule has 10 heteroatoms. The maximum Gasteiger partial charge on any atom is 0.491 e. The van der Waals surface area contributed by atoms with Gasteiger partial charge in [0.1, 0.15) is 5.82 Å². The summed E-state index contributed by atoms with van der Waals surface area (Å²) in [5.41, 5.74) is -3.57. The largest absolute Gasteiger partial charge is 0.491 e. The molecule has 0 aliphatic rings. The number of hydrogen-bond donors (Lipinski definition) is 4. The fourth-order valence-electron chi connectivity index (χ4n) is 1.21. The van der Waals surface area contributed by atoms with Crippen LogP contribution in [0, 0.1) is 5.82 Å². The second kappa shape index (κ2) is 4.65. The lowest BCUT2D eigenvalue weighted by Crippen LogP contribution is -2.43. The van der Waals surface area contributed by atoms with Crippen LogP contribution in [0.15, 0.2) is 12.1 Å². The number of hydrogen-bond acceptors (Lipinski definition) is 4. The number of benzene rings is 1. The van der Waals surface area contributed by atoms with E-state index in [1.807, 2.05) is 0 Å². The van der Waals surface area contributed by atoms with E-state index in [0.717, 1.165) is 0 Å². The monoisotopic (exact) mass is 252 g/mol. The predicted molar refractivity (Wildman–Crippen MR) is 51.1 cm³/mol. The van der Waals surface area contributed by atoms with Gasteiger partial charge in [-0.25, -0.2) is 4.39 Å². The van der Waals surface area contributed by atoms with Gasteiger partial charge in [-0.1, -0.05) is 0 Å². The number of alkyl halides is 3. The Labute approximate surface area is 93.4 Å². The Bertz CT molecular complexity index is 392. The summed E-state index contributed by atoms with van der Waals surface area (Å²) < 4.78 is 50.4. The minimum Gasteiger partial charge on any atom is -0.423 e. The highest BCUT2D eigenvalue weighted by atomic mass is 19.4. The van der Waals surface area contributed by atoms with Gasteiger partial charge in [0.05, 0.1) is 5.56 Å². The Morgan fingerprint density at radius 3 is 1.47 bits per heavy atom. The van der Waals surface area contributed by atoms with Crippen LogP contribution in [-0.2, 0) is 6.18 Å².